The average Bonchev–Trinajstić information content (AvgIpc) is 3.10. The van der Waals surface area contributed by atoms with E-state index in [9.17, 15) is 4.79 Å². The molecule has 1 N–H and O–H groups in total. The first-order valence-corrected chi connectivity index (χ1v) is 8.02. The third-order valence-electron chi connectivity index (χ3n) is 3.06. The van der Waals surface area contributed by atoms with Crippen molar-refractivity contribution in [3.8, 4) is 5.82 Å². The lowest BCUT2D eigenvalue weighted by Crippen LogP contribution is -2.16. The normalized spacial score (nSPS) is 10.8. The number of nitrogens with zero attached hydrogens (tertiary/aromatic N) is 8. The molecule has 0 atom stereocenters. The van der Waals surface area contributed by atoms with E-state index >= 15 is 0 Å². The Balaban J connectivity index is 1.67. The maximum absolute atomic E-state index is 12.0. The second-order valence-electron chi connectivity index (χ2n) is 5.02. The molecule has 0 saturated carbocycles. The largest absolute Gasteiger partial charge is 0.310 e. The van der Waals surface area contributed by atoms with Crippen LogP contribution in [0.4, 0.5) is 5.82 Å². The predicted molar refractivity (Wildman–Crippen MR) is 86.8 cm³/mol. The van der Waals surface area contributed by atoms with Crippen LogP contribution in [0.15, 0.2) is 23.6 Å². The van der Waals surface area contributed by atoms with Gasteiger partial charge in [-0.2, -0.15) is 5.10 Å². The molecule has 0 radical (unpaired) electrons. The highest BCUT2D eigenvalue weighted by atomic mass is 32.2. The van der Waals surface area contributed by atoms with Crippen LogP contribution in [0, 0.1) is 13.8 Å². The van der Waals surface area contributed by atoms with Crippen molar-refractivity contribution in [3.05, 3.63) is 29.8 Å². The fraction of sp³-hybridized carbons (Fsp3) is 0.308. The van der Waals surface area contributed by atoms with Gasteiger partial charge in [0.1, 0.15) is 12.1 Å². The van der Waals surface area contributed by atoms with Gasteiger partial charge in [-0.3, -0.25) is 4.79 Å². The highest BCUT2D eigenvalue weighted by molar-refractivity contribution is 7.99. The van der Waals surface area contributed by atoms with Crippen LogP contribution >= 0.6 is 11.8 Å². The number of anilines is 1. The summed E-state index contributed by atoms with van der Waals surface area (Å²) in [6.07, 6.45) is 1.39. The second kappa shape index (κ2) is 6.74. The summed E-state index contributed by atoms with van der Waals surface area (Å²) >= 11 is 1.24. The molecule has 0 spiro atoms. The minimum atomic E-state index is -0.207. The zero-order valence-corrected chi connectivity index (χ0v) is 14.1. The molecule has 124 valence electrons. The Labute approximate surface area is 141 Å². The fourth-order valence-corrected chi connectivity index (χ4v) is 2.69. The van der Waals surface area contributed by atoms with Crippen LogP contribution in [0.2, 0.25) is 0 Å². The van der Waals surface area contributed by atoms with E-state index in [0.29, 0.717) is 16.8 Å². The Morgan fingerprint density at radius 1 is 1.29 bits per heavy atom. The molecule has 0 fully saturated rings. The van der Waals surface area contributed by atoms with Gasteiger partial charge in [-0.1, -0.05) is 11.8 Å². The zero-order chi connectivity index (χ0) is 17.1. The predicted octanol–water partition coefficient (Wildman–Crippen LogP) is 0.533. The lowest BCUT2D eigenvalue weighted by Gasteiger charge is -2.07. The molecule has 0 aliphatic rings. The van der Waals surface area contributed by atoms with Crippen molar-refractivity contribution in [1.82, 2.24) is 40.0 Å². The number of thioether (sulfide) groups is 1. The Morgan fingerprint density at radius 3 is 2.79 bits per heavy atom. The van der Waals surface area contributed by atoms with Crippen LogP contribution in [0.25, 0.3) is 5.82 Å². The fourth-order valence-electron chi connectivity index (χ4n) is 2.04. The Hall–Kier alpha value is -2.82. The summed E-state index contributed by atoms with van der Waals surface area (Å²) in [5.41, 5.74) is 1.85. The van der Waals surface area contributed by atoms with Gasteiger partial charge in [0.05, 0.1) is 11.4 Å². The number of rotatable bonds is 5. The van der Waals surface area contributed by atoms with Gasteiger partial charge in [0.2, 0.25) is 11.1 Å². The minimum absolute atomic E-state index is 0.174. The van der Waals surface area contributed by atoms with Gasteiger partial charge >= 0.3 is 0 Å². The van der Waals surface area contributed by atoms with E-state index in [-0.39, 0.29) is 11.7 Å². The number of nitrogens with one attached hydrogen (secondary N) is 1. The molecule has 1 amide bonds. The van der Waals surface area contributed by atoms with Gasteiger partial charge in [0.25, 0.3) is 0 Å². The molecule has 3 aromatic heterocycles. The first-order chi connectivity index (χ1) is 11.5. The van der Waals surface area contributed by atoms with Crippen LogP contribution in [-0.2, 0) is 11.8 Å². The third kappa shape index (κ3) is 3.56. The first-order valence-electron chi connectivity index (χ1n) is 7.03. The summed E-state index contributed by atoms with van der Waals surface area (Å²) in [5.74, 6) is 0.972. The number of tetrazole rings is 1. The Bertz CT molecular complexity index is 872. The summed E-state index contributed by atoms with van der Waals surface area (Å²) < 4.78 is 3.20. The smallest absolute Gasteiger partial charge is 0.236 e. The maximum atomic E-state index is 12.0. The van der Waals surface area contributed by atoms with Crippen molar-refractivity contribution >= 4 is 23.5 Å². The topological polar surface area (TPSA) is 116 Å². The monoisotopic (exact) mass is 345 g/mol. The highest BCUT2D eigenvalue weighted by Gasteiger charge is 2.11. The van der Waals surface area contributed by atoms with E-state index in [1.54, 1.807) is 17.8 Å². The lowest BCUT2D eigenvalue weighted by molar-refractivity contribution is -0.113. The molecule has 10 nitrogen and oxygen atoms in total. The zero-order valence-electron chi connectivity index (χ0n) is 13.3. The van der Waals surface area contributed by atoms with Crippen molar-refractivity contribution in [1.29, 1.82) is 0 Å². The lowest BCUT2D eigenvalue weighted by atomic mass is 10.4. The van der Waals surface area contributed by atoms with E-state index in [0.717, 1.165) is 11.4 Å². The van der Waals surface area contributed by atoms with Crippen LogP contribution in [0.5, 0.6) is 0 Å². The number of hydrogen-bond donors (Lipinski definition) is 1. The van der Waals surface area contributed by atoms with Crippen LogP contribution in [0.3, 0.4) is 0 Å². The summed E-state index contributed by atoms with van der Waals surface area (Å²) in [6.45, 7) is 3.85. The van der Waals surface area contributed by atoms with Crippen LogP contribution < -0.4 is 5.32 Å². The van der Waals surface area contributed by atoms with E-state index < -0.39 is 0 Å². The summed E-state index contributed by atoms with van der Waals surface area (Å²) in [6, 6.07) is 3.62. The molecule has 0 bridgehead atoms. The van der Waals surface area contributed by atoms with Gasteiger partial charge < -0.3 is 5.32 Å². The van der Waals surface area contributed by atoms with Gasteiger partial charge in [0.15, 0.2) is 5.82 Å². The molecule has 0 saturated heterocycles. The number of aromatic nitrogens is 8. The molecule has 11 heteroatoms. The van der Waals surface area contributed by atoms with Crippen molar-refractivity contribution in [2.75, 3.05) is 11.1 Å². The van der Waals surface area contributed by atoms with E-state index in [1.807, 2.05) is 19.9 Å². The van der Waals surface area contributed by atoms with Crippen molar-refractivity contribution in [3.63, 3.8) is 0 Å². The van der Waals surface area contributed by atoms with E-state index in [1.165, 1.54) is 22.8 Å². The molecule has 0 aliphatic heterocycles. The van der Waals surface area contributed by atoms with Gasteiger partial charge in [0, 0.05) is 18.8 Å². The maximum Gasteiger partial charge on any atom is 0.236 e. The third-order valence-corrected chi connectivity index (χ3v) is 4.07. The number of carbonyl (C=O) groups is 1. The quantitative estimate of drug-likeness (QED) is 0.666. The highest BCUT2D eigenvalue weighted by Crippen LogP contribution is 2.14. The summed E-state index contributed by atoms with van der Waals surface area (Å²) in [5, 5.41) is 18.7. The number of hydrogen-bond acceptors (Lipinski definition) is 8. The molecule has 3 aromatic rings. The van der Waals surface area contributed by atoms with Gasteiger partial charge in [-0.05, 0) is 30.3 Å². The molecule has 0 unspecified atom stereocenters. The second-order valence-corrected chi connectivity index (χ2v) is 5.96. The van der Waals surface area contributed by atoms with E-state index in [4.69, 9.17) is 0 Å². The molecular formula is C13H15N9OS. The Kier molecular flexibility index (Phi) is 4.51. The van der Waals surface area contributed by atoms with Gasteiger partial charge in [-0.15, -0.1) is 5.10 Å². The van der Waals surface area contributed by atoms with Gasteiger partial charge in [-0.25, -0.2) is 19.3 Å². The molecule has 0 aromatic carbocycles. The number of amides is 1. The summed E-state index contributed by atoms with van der Waals surface area (Å²) in [4.78, 5) is 20.3. The SMILES string of the molecule is Cc1cc(C)n(-c2cc(NC(=O)CSc3nnnn3C)ncn2)n1. The number of aryl methyl sites for hydroxylation is 3. The molecule has 0 aliphatic carbocycles. The van der Waals surface area contributed by atoms with Crippen LogP contribution in [-0.4, -0.2) is 51.6 Å². The number of carbonyl (C=O) groups excluding carboxylic acids is 1. The van der Waals surface area contributed by atoms with Crippen molar-refractivity contribution < 1.29 is 4.79 Å². The minimum Gasteiger partial charge on any atom is -0.310 e. The van der Waals surface area contributed by atoms with Crippen LogP contribution in [0.1, 0.15) is 11.4 Å². The molecule has 24 heavy (non-hydrogen) atoms. The first kappa shape index (κ1) is 16.1. The van der Waals surface area contributed by atoms with E-state index in [2.05, 4.69) is 35.9 Å². The molecular weight excluding hydrogens is 330 g/mol. The molecule has 3 rings (SSSR count). The van der Waals surface area contributed by atoms with Crippen molar-refractivity contribution in [2.45, 2.75) is 19.0 Å². The standard InChI is InChI=1S/C13H15N9OS/c1-8-4-9(2)22(18-8)11-5-10(14-7-15-11)16-12(23)6-24-13-17-19-20-21(13)3/h4-5,7H,6H2,1-3H3,(H,14,15,16,23). The Morgan fingerprint density at radius 2 is 2.12 bits per heavy atom. The summed E-state index contributed by atoms with van der Waals surface area (Å²) in [7, 11) is 1.71. The van der Waals surface area contributed by atoms with Crippen molar-refractivity contribution in [2.24, 2.45) is 7.05 Å². The molecule has 3 heterocycles. The average molecular weight is 345 g/mol.